The van der Waals surface area contributed by atoms with Crippen molar-refractivity contribution in [1.29, 1.82) is 0 Å². The van der Waals surface area contributed by atoms with Crippen LogP contribution >= 0.6 is 11.3 Å². The van der Waals surface area contributed by atoms with E-state index in [1.807, 2.05) is 106 Å². The highest BCUT2D eigenvalue weighted by molar-refractivity contribution is 7.22. The summed E-state index contributed by atoms with van der Waals surface area (Å²) >= 11 is 1.45. The number of piperazine rings is 1. The number of unbranched alkanes of at least 4 members (excludes halogenated alkanes) is 1. The van der Waals surface area contributed by atoms with Crippen molar-refractivity contribution in [2.45, 2.75) is 123 Å². The van der Waals surface area contributed by atoms with Gasteiger partial charge in [-0.3, -0.25) is 29.9 Å². The van der Waals surface area contributed by atoms with Gasteiger partial charge in [-0.2, -0.15) is 0 Å². The zero-order chi connectivity index (χ0) is 53.2. The van der Waals surface area contributed by atoms with Crippen molar-refractivity contribution in [2.75, 3.05) is 49.5 Å². The Morgan fingerprint density at radius 1 is 0.805 bits per heavy atom. The fourth-order valence-electron chi connectivity index (χ4n) is 11.6. The van der Waals surface area contributed by atoms with Gasteiger partial charge in [-0.1, -0.05) is 66.6 Å². The van der Waals surface area contributed by atoms with Crippen molar-refractivity contribution in [1.82, 2.24) is 30.1 Å². The molecular formula is C61H68N8O7S. The number of rotatable bonds is 15. The molecule has 7 aromatic rings. The number of imide groups is 1. The van der Waals surface area contributed by atoms with Gasteiger partial charge in [0, 0.05) is 56.8 Å². The number of nitrogens with zero attached hydrogens (tertiary/aromatic N) is 6. The molecule has 1 saturated carbocycles. The summed E-state index contributed by atoms with van der Waals surface area (Å²) in [5.41, 5.74) is 7.86. The van der Waals surface area contributed by atoms with Crippen molar-refractivity contribution in [3.8, 4) is 16.9 Å². The first kappa shape index (κ1) is 52.1. The van der Waals surface area contributed by atoms with Gasteiger partial charge in [0.15, 0.2) is 16.4 Å². The topological polar surface area (TPSA) is 172 Å². The van der Waals surface area contributed by atoms with Gasteiger partial charge in [-0.15, -0.1) is 0 Å². The van der Waals surface area contributed by atoms with E-state index in [4.69, 9.17) is 23.9 Å². The van der Waals surface area contributed by atoms with Crippen LogP contribution in [0.4, 0.5) is 10.9 Å². The lowest BCUT2D eigenvalue weighted by Gasteiger charge is -2.34. The molecule has 1 aliphatic carbocycles. The van der Waals surface area contributed by atoms with Gasteiger partial charge in [0.25, 0.3) is 5.91 Å². The minimum Gasteiger partial charge on any atom is -0.490 e. The van der Waals surface area contributed by atoms with Crippen molar-refractivity contribution < 1.29 is 33.1 Å². The molecule has 1 atom stereocenters. The summed E-state index contributed by atoms with van der Waals surface area (Å²) in [6.45, 7) is 14.5. The normalized spacial score (nSPS) is 19.5. The first-order chi connectivity index (χ1) is 37.3. The van der Waals surface area contributed by atoms with Crippen molar-refractivity contribution in [3.63, 3.8) is 0 Å². The Hall–Kier alpha value is -7.01. The average Bonchev–Trinajstić information content (AvgIpc) is 4.06. The number of carbonyl (C=O) groups is 4. The second-order valence-corrected chi connectivity index (χ2v) is 23.3. The molecule has 6 heterocycles. The summed E-state index contributed by atoms with van der Waals surface area (Å²) in [6, 6.07) is 29.5. The van der Waals surface area contributed by atoms with E-state index in [1.54, 1.807) is 0 Å². The number of amides is 3. The molecule has 3 aromatic heterocycles. The molecule has 1 unspecified atom stereocenters. The highest BCUT2D eigenvalue weighted by Crippen LogP contribution is 2.38. The Morgan fingerprint density at radius 3 is 2.42 bits per heavy atom. The monoisotopic (exact) mass is 1060 g/mol. The molecule has 3 amide bonds. The lowest BCUT2D eigenvalue weighted by atomic mass is 9.84. The van der Waals surface area contributed by atoms with Crippen LogP contribution in [0, 0.1) is 12.8 Å². The Balaban J connectivity index is 0.663. The molecule has 0 bridgehead atoms. The first-order valence-electron chi connectivity index (χ1n) is 27.5. The van der Waals surface area contributed by atoms with Crippen molar-refractivity contribution >= 4 is 67.3 Å². The molecule has 15 nitrogen and oxygen atoms in total. The lowest BCUT2D eigenvalue weighted by Crippen LogP contribution is -2.46. The smallest absolute Gasteiger partial charge is 0.358 e. The standard InChI is InChI=1S/C61H68N8O7S/c1-38-43(45-23-26-53(64-56(45)59(73)76-61(2,3)4)69-30-28-40-12-9-14-46(47(40)36-69)58(72)66-60-63-48-15-5-6-17-52(48)77-60)13-10-16-50(38)74-42-21-18-39(19-22-42)11-7-8-29-67-31-33-68(34-32-67)37-55-62-49-35-41(20-25-51(49)75-55)44-24-27-54(70)65-57(44)71/h5-6,9-10,12-17,20,23,25-26,35,39,42,44H,7-8,11,18-19,21-22,24,27-34,36-37H2,1-4H3,(H,63,66,72)(H,65,70,71). The minimum atomic E-state index is -0.730. The molecule has 16 heteroatoms. The van der Waals surface area contributed by atoms with Gasteiger partial charge in [0.2, 0.25) is 17.7 Å². The van der Waals surface area contributed by atoms with Crippen LogP contribution in [0.1, 0.15) is 133 Å². The van der Waals surface area contributed by atoms with E-state index in [1.165, 1.54) is 30.6 Å². The molecule has 2 saturated heterocycles. The second kappa shape index (κ2) is 22.5. The number of fused-ring (bicyclic) bond motifs is 3. The van der Waals surface area contributed by atoms with E-state index in [-0.39, 0.29) is 35.4 Å². The molecule has 400 valence electrons. The molecule has 0 spiro atoms. The number of carbonyl (C=O) groups excluding carboxylic acids is 4. The van der Waals surface area contributed by atoms with Gasteiger partial charge in [0.05, 0.1) is 28.8 Å². The summed E-state index contributed by atoms with van der Waals surface area (Å²) in [6.07, 6.45) is 9.71. The number of aromatic nitrogens is 3. The molecule has 0 radical (unpaired) electrons. The summed E-state index contributed by atoms with van der Waals surface area (Å²) in [7, 11) is 0. The highest BCUT2D eigenvalue weighted by Gasteiger charge is 2.31. The number of thiazole rings is 1. The lowest BCUT2D eigenvalue weighted by molar-refractivity contribution is -0.134. The predicted octanol–water partition coefficient (Wildman–Crippen LogP) is 11.0. The number of para-hydroxylation sites is 1. The van der Waals surface area contributed by atoms with Crippen LogP contribution in [-0.2, 0) is 33.8 Å². The third kappa shape index (κ3) is 12.1. The quantitative estimate of drug-likeness (QED) is 0.0565. The summed E-state index contributed by atoms with van der Waals surface area (Å²) < 4.78 is 19.9. The minimum absolute atomic E-state index is 0.127. The number of pyridine rings is 1. The number of ether oxygens (including phenoxy) is 2. The van der Waals surface area contributed by atoms with Gasteiger partial charge >= 0.3 is 5.97 Å². The molecule has 3 aliphatic heterocycles. The van der Waals surface area contributed by atoms with Gasteiger partial charge in [-0.05, 0) is 161 Å². The SMILES string of the molecule is Cc1c(OC2CCC(CCCCN3CCN(Cc4nc5cc(C6CCC(=O)NC6=O)ccc5o4)CC3)CC2)cccc1-c1ccc(N2CCc3cccc(C(=O)Nc4nc5ccccc5s4)c3C2)nc1C(=O)OC(C)(C)C. The maximum atomic E-state index is 14.1. The van der Waals surface area contributed by atoms with Crippen LogP contribution in [0.3, 0.4) is 0 Å². The average molecular weight is 1060 g/mol. The largest absolute Gasteiger partial charge is 0.490 e. The molecule has 4 aliphatic rings. The molecular weight excluding hydrogens is 989 g/mol. The summed E-state index contributed by atoms with van der Waals surface area (Å²) in [5.74, 6) is 1.37. The van der Waals surface area contributed by atoms with E-state index < -0.39 is 11.6 Å². The fraction of sp³-hybridized carbons (Fsp3) is 0.426. The number of hydrogen-bond acceptors (Lipinski definition) is 14. The van der Waals surface area contributed by atoms with Gasteiger partial charge in [0.1, 0.15) is 22.7 Å². The van der Waals surface area contributed by atoms with Gasteiger partial charge < -0.3 is 23.7 Å². The van der Waals surface area contributed by atoms with Gasteiger partial charge in [-0.25, -0.2) is 19.7 Å². The zero-order valence-electron chi connectivity index (χ0n) is 44.6. The Kier molecular flexibility index (Phi) is 15.2. The first-order valence-corrected chi connectivity index (χ1v) is 28.3. The number of nitrogens with one attached hydrogen (secondary N) is 2. The number of hydrogen-bond donors (Lipinski definition) is 2. The molecule has 2 N–H and O–H groups in total. The molecule has 3 fully saturated rings. The second-order valence-electron chi connectivity index (χ2n) is 22.3. The Labute approximate surface area is 453 Å². The van der Waals surface area contributed by atoms with Crippen LogP contribution in [0.15, 0.2) is 95.4 Å². The number of piperidine rings is 1. The fourth-order valence-corrected chi connectivity index (χ4v) is 12.4. The molecule has 4 aromatic carbocycles. The predicted molar refractivity (Wildman–Crippen MR) is 299 cm³/mol. The van der Waals surface area contributed by atoms with Crippen molar-refractivity contribution in [2.24, 2.45) is 5.92 Å². The van der Waals surface area contributed by atoms with Crippen LogP contribution < -0.4 is 20.3 Å². The number of esters is 1. The van der Waals surface area contributed by atoms with E-state index >= 15 is 0 Å². The highest BCUT2D eigenvalue weighted by atomic mass is 32.1. The zero-order valence-corrected chi connectivity index (χ0v) is 45.4. The van der Waals surface area contributed by atoms with Crippen LogP contribution in [0.25, 0.3) is 32.4 Å². The molecule has 11 rings (SSSR count). The third-order valence-electron chi connectivity index (χ3n) is 15.7. The van der Waals surface area contributed by atoms with Crippen molar-refractivity contribution in [3.05, 3.63) is 130 Å². The number of anilines is 2. The van der Waals surface area contributed by atoms with E-state index in [0.29, 0.717) is 71.9 Å². The maximum absolute atomic E-state index is 14.1. The van der Waals surface area contributed by atoms with Crippen LogP contribution in [0.2, 0.25) is 0 Å². The molecule has 77 heavy (non-hydrogen) atoms. The van der Waals surface area contributed by atoms with E-state index in [9.17, 15) is 19.2 Å². The summed E-state index contributed by atoms with van der Waals surface area (Å²) in [5, 5.41) is 6.05. The van der Waals surface area contributed by atoms with E-state index in [0.717, 1.165) is 114 Å². The Bertz CT molecular complexity index is 3300. The number of oxazole rings is 1. The Morgan fingerprint density at radius 2 is 1.61 bits per heavy atom. The van der Waals surface area contributed by atoms with E-state index in [2.05, 4.69) is 43.3 Å². The number of benzene rings is 4. The summed E-state index contributed by atoms with van der Waals surface area (Å²) in [4.78, 5) is 73.6. The maximum Gasteiger partial charge on any atom is 0.358 e. The third-order valence-corrected chi connectivity index (χ3v) is 16.7. The van der Waals surface area contributed by atoms with Crippen LogP contribution in [-0.4, -0.2) is 99.4 Å². The van der Waals surface area contributed by atoms with Crippen LogP contribution in [0.5, 0.6) is 5.75 Å².